The van der Waals surface area contributed by atoms with Crippen molar-refractivity contribution in [2.45, 2.75) is 237 Å². The molecular formula is C68H118N12O21. The van der Waals surface area contributed by atoms with E-state index in [9.17, 15) is 84.3 Å². The van der Waals surface area contributed by atoms with Crippen LogP contribution in [0.15, 0.2) is 35.4 Å². The van der Waals surface area contributed by atoms with Crippen LogP contribution in [0.2, 0.25) is 0 Å². The lowest BCUT2D eigenvalue weighted by molar-refractivity contribution is -0.271. The molecule has 101 heavy (non-hydrogen) atoms. The monoisotopic (exact) mass is 1440 g/mol. The Morgan fingerprint density at radius 3 is 1.88 bits per heavy atom. The number of carbonyl (C=O) groups excluding carboxylic acids is 7. The summed E-state index contributed by atoms with van der Waals surface area (Å²) in [6, 6.07) is -0.443. The quantitative estimate of drug-likeness (QED) is 0.0157. The largest absolute Gasteiger partial charge is 0.480 e. The number of likely N-dealkylation sites (N-methyl/N-ethyl adjacent to an activating group) is 2. The number of aliphatic hydroxyl groups is 8. The number of ether oxygens (including phenoxy) is 4. The molecule has 33 heteroatoms. The van der Waals surface area contributed by atoms with E-state index in [1.54, 1.807) is 103 Å². The number of likely N-dealkylation sites (tertiary alicyclic amines) is 1. The summed E-state index contributed by atoms with van der Waals surface area (Å²) in [5, 5.41) is 115. The molecule has 15 N–H and O–H groups in total. The molecule has 2 fully saturated rings. The van der Waals surface area contributed by atoms with Gasteiger partial charge in [-0.15, -0.1) is 0 Å². The minimum Gasteiger partial charge on any atom is -0.480 e. The third-order valence-corrected chi connectivity index (χ3v) is 19.7. The van der Waals surface area contributed by atoms with Gasteiger partial charge in [0.2, 0.25) is 41.4 Å². The number of aliphatic carboxylic acids is 1. The smallest absolute Gasteiger partial charge is 0.328 e. The zero-order valence-electron chi connectivity index (χ0n) is 61.5. The average Bonchev–Trinajstić information content (AvgIpc) is 1.79. The van der Waals surface area contributed by atoms with Crippen LogP contribution in [0.1, 0.15) is 121 Å². The number of rotatable bonds is 44. The Kier molecular flexibility index (Phi) is 38.0. The third-order valence-electron chi connectivity index (χ3n) is 19.7. The summed E-state index contributed by atoms with van der Waals surface area (Å²) < 4.78 is 23.4. The van der Waals surface area contributed by atoms with Gasteiger partial charge in [-0.3, -0.25) is 43.4 Å². The van der Waals surface area contributed by atoms with Gasteiger partial charge in [0.05, 0.1) is 68.6 Å². The molecule has 1 aromatic carbocycles. The Labute approximate surface area is 593 Å². The maximum absolute atomic E-state index is 14.8. The molecule has 0 aliphatic carbocycles. The first-order valence-corrected chi connectivity index (χ1v) is 34.9. The second-order valence-corrected chi connectivity index (χ2v) is 28.0. The number of nitrogens with one attached hydrogen (secondary N) is 6. The molecule has 2 aliphatic heterocycles. The van der Waals surface area contributed by atoms with Crippen molar-refractivity contribution >= 4 is 47.3 Å². The van der Waals surface area contributed by atoms with Crippen LogP contribution in [0.5, 0.6) is 0 Å². The molecule has 0 spiro atoms. The normalized spacial score (nSPS) is 23.1. The molecule has 576 valence electrons. The Morgan fingerprint density at radius 1 is 0.752 bits per heavy atom. The van der Waals surface area contributed by atoms with Crippen LogP contribution >= 0.6 is 0 Å². The Balaban J connectivity index is 1.84. The van der Waals surface area contributed by atoms with Crippen LogP contribution in [0.25, 0.3) is 10.4 Å². The second-order valence-electron chi connectivity index (χ2n) is 28.0. The number of amides is 7. The highest BCUT2D eigenvalue weighted by molar-refractivity contribution is 5.95. The Morgan fingerprint density at radius 2 is 1.35 bits per heavy atom. The van der Waals surface area contributed by atoms with E-state index < -0.39 is 201 Å². The molecule has 7 amide bonds. The fraction of sp³-hybridized carbons (Fsp3) is 0.794. The van der Waals surface area contributed by atoms with Crippen LogP contribution in [0.4, 0.5) is 0 Å². The van der Waals surface area contributed by atoms with Crippen molar-refractivity contribution in [2.75, 3.05) is 67.7 Å². The predicted molar refractivity (Wildman–Crippen MR) is 369 cm³/mol. The van der Waals surface area contributed by atoms with Crippen LogP contribution in [0, 0.1) is 41.4 Å². The van der Waals surface area contributed by atoms with Crippen molar-refractivity contribution in [3.63, 3.8) is 0 Å². The molecular weight excluding hydrogens is 1320 g/mol. The molecule has 1 aromatic rings. The molecule has 2 aliphatic rings. The van der Waals surface area contributed by atoms with E-state index in [4.69, 9.17) is 24.5 Å². The average molecular weight is 1440 g/mol. The number of nitrogens with zero attached hydrogens (tertiary/aromatic N) is 6. The first kappa shape index (κ1) is 88.9. The number of aliphatic hydroxyl groups excluding tert-OH is 8. The number of hydrogen-bond donors (Lipinski definition) is 15. The SMILES string of the molecule is CCC(C)C(NC(=O)C(Cc1ccccc1)NC(=O)C(C)C(OC)C1CCCN1C(=O)CC(OC)C(C(C)CC)N(C)C(O)C(CNC(=O)C(C(C)C)N(C)CC(O)C(O)C(O)C(O)CN=[N+]=[N-])C(C)C)C(=O)NC(C(=O)NC(COC1OC(CO)C(O)C(O)C1NC(C)=O)C(=O)O)C(C)C. The lowest BCUT2D eigenvalue weighted by Crippen LogP contribution is -2.65. The van der Waals surface area contributed by atoms with Gasteiger partial charge in [-0.25, -0.2) is 4.79 Å². The maximum atomic E-state index is 14.8. The van der Waals surface area contributed by atoms with Crippen molar-refractivity contribution in [3.8, 4) is 0 Å². The molecule has 23 atom stereocenters. The number of hydrogen-bond acceptors (Lipinski definition) is 23. The van der Waals surface area contributed by atoms with Crippen LogP contribution < -0.4 is 31.9 Å². The first-order chi connectivity index (χ1) is 47.5. The minimum absolute atomic E-state index is 0.00588. The van der Waals surface area contributed by atoms with Crippen LogP contribution in [-0.4, -0.2) is 291 Å². The van der Waals surface area contributed by atoms with Gasteiger partial charge in [-0.1, -0.05) is 124 Å². The number of carboxylic acid groups (broad SMARTS) is 1. The van der Waals surface area contributed by atoms with Gasteiger partial charge in [0.25, 0.3) is 0 Å². The van der Waals surface area contributed by atoms with Gasteiger partial charge in [0.15, 0.2) is 12.3 Å². The molecule has 0 saturated carbocycles. The van der Waals surface area contributed by atoms with E-state index in [1.807, 2.05) is 27.7 Å². The number of methoxy groups -OCH3 is 2. The Hall–Kier alpha value is -6.27. The molecule has 0 radical (unpaired) electrons. The zero-order chi connectivity index (χ0) is 76.4. The van der Waals surface area contributed by atoms with Crippen molar-refractivity contribution in [3.05, 3.63) is 46.3 Å². The first-order valence-electron chi connectivity index (χ1n) is 34.9. The van der Waals surface area contributed by atoms with E-state index >= 15 is 0 Å². The second kappa shape index (κ2) is 43.1. The summed E-state index contributed by atoms with van der Waals surface area (Å²) in [7, 11) is 6.21. The van der Waals surface area contributed by atoms with Gasteiger partial charge in [-0.05, 0) is 67.6 Å². The van der Waals surface area contributed by atoms with Crippen LogP contribution in [0.3, 0.4) is 0 Å². The van der Waals surface area contributed by atoms with Crippen LogP contribution in [-0.2, 0) is 63.7 Å². The van der Waals surface area contributed by atoms with Crippen molar-refractivity contribution < 1.29 is 103 Å². The van der Waals surface area contributed by atoms with Crippen molar-refractivity contribution in [1.82, 2.24) is 46.6 Å². The fourth-order valence-electron chi connectivity index (χ4n) is 13.2. The molecule has 2 saturated heterocycles. The summed E-state index contributed by atoms with van der Waals surface area (Å²) in [4.78, 5) is 119. The van der Waals surface area contributed by atoms with Gasteiger partial charge in [0.1, 0.15) is 60.9 Å². The fourth-order valence-corrected chi connectivity index (χ4v) is 13.2. The molecule has 23 unspecified atom stereocenters. The van der Waals surface area contributed by atoms with E-state index in [-0.39, 0.29) is 49.6 Å². The minimum atomic E-state index is -1.86. The van der Waals surface area contributed by atoms with Crippen molar-refractivity contribution in [2.24, 2.45) is 46.5 Å². The number of carboxylic acids is 1. The summed E-state index contributed by atoms with van der Waals surface area (Å²) in [5.74, 6) is -9.58. The summed E-state index contributed by atoms with van der Waals surface area (Å²) >= 11 is 0. The number of azide groups is 1. The summed E-state index contributed by atoms with van der Waals surface area (Å²) in [5.41, 5.74) is 9.24. The topological polar surface area (TPSA) is 486 Å². The maximum Gasteiger partial charge on any atom is 0.328 e. The zero-order valence-corrected chi connectivity index (χ0v) is 61.5. The molecule has 33 nitrogen and oxygen atoms in total. The van der Waals surface area contributed by atoms with E-state index in [0.29, 0.717) is 37.8 Å². The van der Waals surface area contributed by atoms with Crippen molar-refractivity contribution in [1.29, 1.82) is 0 Å². The lowest BCUT2D eigenvalue weighted by Gasteiger charge is -2.43. The van der Waals surface area contributed by atoms with Gasteiger partial charge in [-0.2, -0.15) is 0 Å². The molecule has 2 heterocycles. The van der Waals surface area contributed by atoms with E-state index in [2.05, 4.69) is 41.9 Å². The standard InChI is InChI=1S/C68H118N12O21/c1-17-37(9)52(64(93)75-51(35(5)6)63(92)74-44(67(96)97)33-100-68-53(72-40(12)82)59(89)58(88)49(32-81)101-68)76-62(91)43(27-41-23-20-19-21-24-41)73-61(90)39(11)60(99-16)45-25-22-26-80(45)50(85)28-48(98-15)55(38(10)18-2)79(14)66(95)42(34(3)4)29-70-65(94)54(36(7)8)78(13)31-47(84)57(87)56(86)46(83)30-71-77-69/h19-21,23-24,34-39,42-49,51-60,66,68,81,83-84,86-89,95H,17-18,22,25-33H2,1-16H3,(H,70,94)(H,72,82)(H,73,90)(H,74,92)(H,75,93)(H,76,91)(H,96,97). The van der Waals surface area contributed by atoms with Gasteiger partial charge in [0, 0.05) is 64.1 Å². The number of carbonyl (C=O) groups is 8. The summed E-state index contributed by atoms with van der Waals surface area (Å²) in [6.07, 6.45) is -14.4. The summed E-state index contributed by atoms with van der Waals surface area (Å²) in [6.45, 7) is 18.7. The number of benzene rings is 1. The Bertz CT molecular complexity index is 2810. The molecule has 3 rings (SSSR count). The van der Waals surface area contributed by atoms with E-state index in [0.717, 1.165) is 6.92 Å². The highest BCUT2D eigenvalue weighted by atomic mass is 16.7. The van der Waals surface area contributed by atoms with Gasteiger partial charge >= 0.3 is 5.97 Å². The lowest BCUT2D eigenvalue weighted by atomic mass is 9.87. The van der Waals surface area contributed by atoms with Gasteiger partial charge < -0.3 is 102 Å². The predicted octanol–water partition coefficient (Wildman–Crippen LogP) is -1.27. The highest BCUT2D eigenvalue weighted by Gasteiger charge is 2.48. The molecule has 0 bridgehead atoms. The molecule has 0 aromatic heterocycles. The highest BCUT2D eigenvalue weighted by Crippen LogP contribution is 2.32. The van der Waals surface area contributed by atoms with E-state index in [1.165, 1.54) is 19.1 Å². The third kappa shape index (κ3) is 25.5.